The van der Waals surface area contributed by atoms with E-state index in [-0.39, 0.29) is 5.97 Å². The van der Waals surface area contributed by atoms with Crippen LogP contribution in [0.3, 0.4) is 0 Å². The van der Waals surface area contributed by atoms with Gasteiger partial charge in [-0.2, -0.15) is 0 Å². The Bertz CT molecular complexity index is 1140. The van der Waals surface area contributed by atoms with E-state index in [2.05, 4.69) is 18.5 Å². The number of carbonyl (C=O) groups is 1. The van der Waals surface area contributed by atoms with Crippen molar-refractivity contribution in [2.75, 3.05) is 13.2 Å². The highest BCUT2D eigenvalue weighted by molar-refractivity contribution is 7.12. The monoisotopic (exact) mass is 508 g/mol. The maximum atomic E-state index is 12.6. The third-order valence-electron chi connectivity index (χ3n) is 5.16. The van der Waals surface area contributed by atoms with Crippen LogP contribution in [0.4, 0.5) is 0 Å². The van der Waals surface area contributed by atoms with Crippen LogP contribution >= 0.6 is 11.3 Å². The standard InChI is InChI=1S/C29H36N2O4S/c1-6-11-15-26(30)27-22(20-36-28(27)25(8-3)29(32)33-10-5)19-35-24-14-12-13-23(16-24)34-18-21(7-2)17-31-9-4/h7-9,12-17,20H,4,6,10-11,18-19,30H2,1-3,5H3/b21-7+,25-8+,26-15-,31-17?. The van der Waals surface area contributed by atoms with Crippen LogP contribution < -0.4 is 15.2 Å². The molecule has 2 aromatic rings. The van der Waals surface area contributed by atoms with Gasteiger partial charge in [0.05, 0.1) is 17.1 Å². The molecule has 0 unspecified atom stereocenters. The lowest BCUT2D eigenvalue weighted by Gasteiger charge is -2.13. The highest BCUT2D eigenvalue weighted by Crippen LogP contribution is 2.35. The van der Waals surface area contributed by atoms with E-state index >= 15 is 0 Å². The van der Waals surface area contributed by atoms with E-state index in [1.807, 2.05) is 55.6 Å². The molecule has 0 aliphatic rings. The van der Waals surface area contributed by atoms with Crippen LogP contribution in [-0.2, 0) is 16.1 Å². The smallest absolute Gasteiger partial charge is 0.339 e. The predicted octanol–water partition coefficient (Wildman–Crippen LogP) is 6.93. The minimum atomic E-state index is -0.359. The minimum Gasteiger partial charge on any atom is -0.489 e. The number of esters is 1. The van der Waals surface area contributed by atoms with Crippen LogP contribution in [0.1, 0.15) is 56.5 Å². The van der Waals surface area contributed by atoms with E-state index in [9.17, 15) is 4.79 Å². The Balaban J connectivity index is 2.25. The molecule has 0 fully saturated rings. The molecular weight excluding hydrogens is 472 g/mol. The third kappa shape index (κ3) is 8.27. The summed E-state index contributed by atoms with van der Waals surface area (Å²) >= 11 is 1.46. The quantitative estimate of drug-likeness (QED) is 0.170. The van der Waals surface area contributed by atoms with Gasteiger partial charge in [0.15, 0.2) is 0 Å². The number of thiophene rings is 1. The van der Waals surface area contributed by atoms with E-state index < -0.39 is 0 Å². The normalized spacial score (nSPS) is 12.6. The summed E-state index contributed by atoms with van der Waals surface area (Å²) in [5.74, 6) is 0.994. The van der Waals surface area contributed by atoms with E-state index in [1.54, 1.807) is 19.2 Å². The number of unbranched alkanes of at least 4 members (excludes halogenated alkanes) is 1. The molecule has 0 aliphatic heterocycles. The summed E-state index contributed by atoms with van der Waals surface area (Å²) in [6.45, 7) is 12.2. The van der Waals surface area contributed by atoms with Crippen molar-refractivity contribution >= 4 is 34.8 Å². The molecule has 0 amide bonds. The average molecular weight is 509 g/mol. The SMILES string of the molecule is C=CN=C/C(=C\C)COc1cccc(OCc2csc(/C(=C\C)C(=O)OCC)c2/C(N)=C/CCC)c1. The Hall–Kier alpha value is -3.58. The largest absolute Gasteiger partial charge is 0.489 e. The maximum absolute atomic E-state index is 12.6. The molecule has 0 bridgehead atoms. The number of rotatable bonds is 14. The first-order valence-electron chi connectivity index (χ1n) is 12.0. The third-order valence-corrected chi connectivity index (χ3v) is 6.22. The van der Waals surface area contributed by atoms with Gasteiger partial charge >= 0.3 is 5.97 Å². The number of carbonyl (C=O) groups excluding carboxylic acids is 1. The fraction of sp³-hybridized carbons (Fsp3) is 0.310. The zero-order chi connectivity index (χ0) is 26.3. The van der Waals surface area contributed by atoms with Gasteiger partial charge in [0.25, 0.3) is 0 Å². The molecule has 0 radical (unpaired) electrons. The van der Waals surface area contributed by atoms with Crippen LogP contribution in [0.25, 0.3) is 11.3 Å². The maximum Gasteiger partial charge on any atom is 0.339 e. The van der Waals surface area contributed by atoms with Gasteiger partial charge in [0, 0.05) is 40.9 Å². The summed E-state index contributed by atoms with van der Waals surface area (Å²) in [6.07, 6.45) is 10.7. The number of nitrogens with zero attached hydrogens (tertiary/aromatic N) is 1. The number of allylic oxidation sites excluding steroid dienone is 3. The predicted molar refractivity (Wildman–Crippen MR) is 150 cm³/mol. The highest BCUT2D eigenvalue weighted by Gasteiger charge is 2.22. The Kier molecular flexibility index (Phi) is 12.3. The number of hydrogen-bond acceptors (Lipinski definition) is 7. The van der Waals surface area contributed by atoms with Crippen molar-refractivity contribution in [2.24, 2.45) is 10.7 Å². The molecule has 1 aromatic carbocycles. The number of hydrogen-bond donors (Lipinski definition) is 1. The fourth-order valence-electron chi connectivity index (χ4n) is 3.29. The Morgan fingerprint density at radius 2 is 1.92 bits per heavy atom. The molecule has 1 heterocycles. The van der Waals surface area contributed by atoms with Gasteiger partial charge in [-0.15, -0.1) is 11.3 Å². The Morgan fingerprint density at radius 3 is 2.56 bits per heavy atom. The second kappa shape index (κ2) is 15.4. The highest BCUT2D eigenvalue weighted by atomic mass is 32.1. The zero-order valence-corrected chi connectivity index (χ0v) is 22.4. The molecule has 0 saturated carbocycles. The van der Waals surface area contributed by atoms with Crippen molar-refractivity contribution in [1.29, 1.82) is 0 Å². The number of nitrogens with two attached hydrogens (primary N) is 1. The number of aliphatic imine (C=N–C) groups is 1. The van der Waals surface area contributed by atoms with Crippen molar-refractivity contribution in [3.63, 3.8) is 0 Å². The van der Waals surface area contributed by atoms with Gasteiger partial charge in [0.1, 0.15) is 24.7 Å². The summed E-state index contributed by atoms with van der Waals surface area (Å²) < 4.78 is 17.3. The summed E-state index contributed by atoms with van der Waals surface area (Å²) in [5, 5.41) is 1.98. The lowest BCUT2D eigenvalue weighted by Crippen LogP contribution is -2.09. The van der Waals surface area contributed by atoms with Gasteiger partial charge in [-0.05, 0) is 44.7 Å². The molecule has 36 heavy (non-hydrogen) atoms. The first-order chi connectivity index (χ1) is 17.5. The van der Waals surface area contributed by atoms with Crippen LogP contribution in [0.15, 0.2) is 71.2 Å². The van der Waals surface area contributed by atoms with Crippen molar-refractivity contribution in [2.45, 2.75) is 47.1 Å². The summed E-state index contributed by atoms with van der Waals surface area (Å²) in [4.78, 5) is 17.4. The van der Waals surface area contributed by atoms with Crippen LogP contribution in [-0.4, -0.2) is 25.4 Å². The number of benzene rings is 1. The van der Waals surface area contributed by atoms with Crippen LogP contribution in [0.2, 0.25) is 0 Å². The molecule has 2 N–H and O–H groups in total. The van der Waals surface area contributed by atoms with E-state index in [1.165, 1.54) is 17.5 Å². The molecule has 192 valence electrons. The molecule has 0 saturated heterocycles. The van der Waals surface area contributed by atoms with Crippen LogP contribution in [0, 0.1) is 0 Å². The van der Waals surface area contributed by atoms with Crippen molar-refractivity contribution in [3.8, 4) is 11.5 Å². The fourth-order valence-corrected chi connectivity index (χ4v) is 4.43. The Labute approximate surface area is 218 Å². The van der Waals surface area contributed by atoms with Gasteiger partial charge in [0.2, 0.25) is 0 Å². The van der Waals surface area contributed by atoms with E-state index in [0.29, 0.717) is 42.6 Å². The lowest BCUT2D eigenvalue weighted by molar-refractivity contribution is -0.136. The molecule has 1 aromatic heterocycles. The zero-order valence-electron chi connectivity index (χ0n) is 21.6. The first kappa shape index (κ1) is 28.7. The van der Waals surface area contributed by atoms with Crippen molar-refractivity contribution in [3.05, 3.63) is 82.2 Å². The summed E-state index contributed by atoms with van der Waals surface area (Å²) in [6, 6.07) is 7.48. The molecule has 0 atom stereocenters. The second-order valence-electron chi connectivity index (χ2n) is 7.71. The van der Waals surface area contributed by atoms with Crippen LogP contribution in [0.5, 0.6) is 11.5 Å². The van der Waals surface area contributed by atoms with Gasteiger partial charge < -0.3 is 19.9 Å². The van der Waals surface area contributed by atoms with E-state index in [4.69, 9.17) is 19.9 Å². The second-order valence-corrected chi connectivity index (χ2v) is 8.59. The average Bonchev–Trinajstić information content (AvgIpc) is 3.30. The van der Waals surface area contributed by atoms with Crippen molar-refractivity contribution < 1.29 is 19.0 Å². The van der Waals surface area contributed by atoms with Gasteiger partial charge in [-0.3, -0.25) is 4.99 Å². The van der Waals surface area contributed by atoms with Crippen molar-refractivity contribution in [1.82, 2.24) is 0 Å². The summed E-state index contributed by atoms with van der Waals surface area (Å²) in [7, 11) is 0. The van der Waals surface area contributed by atoms with Gasteiger partial charge in [-0.1, -0.05) is 44.2 Å². The Morgan fingerprint density at radius 1 is 1.17 bits per heavy atom. The molecule has 6 nitrogen and oxygen atoms in total. The molecule has 0 spiro atoms. The molecule has 7 heteroatoms. The first-order valence-corrected chi connectivity index (χ1v) is 12.9. The topological polar surface area (TPSA) is 83.1 Å². The minimum absolute atomic E-state index is 0.294. The van der Waals surface area contributed by atoms with Gasteiger partial charge in [-0.25, -0.2) is 4.79 Å². The molecular formula is C29H36N2O4S. The van der Waals surface area contributed by atoms with E-state index in [0.717, 1.165) is 34.4 Å². The summed E-state index contributed by atoms with van der Waals surface area (Å²) in [5.41, 5.74) is 10.3. The molecule has 0 aliphatic carbocycles. The molecule has 2 rings (SSSR count). The number of ether oxygens (including phenoxy) is 3. The lowest BCUT2D eigenvalue weighted by atomic mass is 10.0.